The molecule has 0 spiro atoms. The van der Waals surface area contributed by atoms with Crippen molar-refractivity contribution in [3.05, 3.63) is 101 Å². The van der Waals surface area contributed by atoms with Crippen LogP contribution in [-0.4, -0.2) is 39.1 Å². The number of para-hydroxylation sites is 1. The SMILES string of the molecule is COc1cncc(-c2cccc3cc(CCNc4nc(N)ncc4C(N)=O)n(-c4ccccc4)c(=O)c23)c1. The number of nitrogen functional groups attached to an aromatic ring is 1. The van der Waals surface area contributed by atoms with Gasteiger partial charge in [0.05, 0.1) is 24.3 Å². The zero-order valence-electron chi connectivity index (χ0n) is 20.6. The van der Waals surface area contributed by atoms with Crippen molar-refractivity contribution in [2.75, 3.05) is 24.7 Å². The van der Waals surface area contributed by atoms with Gasteiger partial charge in [-0.25, -0.2) is 4.98 Å². The highest BCUT2D eigenvalue weighted by Crippen LogP contribution is 2.29. The van der Waals surface area contributed by atoms with Crippen LogP contribution in [0, 0.1) is 0 Å². The third kappa shape index (κ3) is 4.74. The van der Waals surface area contributed by atoms with E-state index in [1.807, 2.05) is 60.7 Å². The number of carbonyl (C=O) groups is 1. The molecule has 10 nitrogen and oxygen atoms in total. The van der Waals surface area contributed by atoms with Crippen LogP contribution in [0.25, 0.3) is 27.6 Å². The first kappa shape index (κ1) is 24.4. The number of hydrogen-bond donors (Lipinski definition) is 3. The fraction of sp³-hybridized carbons (Fsp3) is 0.107. The molecule has 190 valence electrons. The van der Waals surface area contributed by atoms with Crippen molar-refractivity contribution in [1.82, 2.24) is 19.5 Å². The summed E-state index contributed by atoms with van der Waals surface area (Å²) < 4.78 is 7.04. The van der Waals surface area contributed by atoms with Gasteiger partial charge in [0.25, 0.3) is 11.5 Å². The zero-order chi connectivity index (χ0) is 26.6. The molecule has 3 heterocycles. The maximum atomic E-state index is 14.1. The third-order valence-corrected chi connectivity index (χ3v) is 6.14. The molecule has 0 radical (unpaired) electrons. The highest BCUT2D eigenvalue weighted by atomic mass is 16.5. The normalized spacial score (nSPS) is 10.9. The lowest BCUT2D eigenvalue weighted by atomic mass is 9.99. The molecular weight excluding hydrogens is 482 g/mol. The van der Waals surface area contributed by atoms with Gasteiger partial charge in [-0.1, -0.05) is 36.4 Å². The molecule has 0 unspecified atom stereocenters. The van der Waals surface area contributed by atoms with Gasteiger partial charge in [-0.3, -0.25) is 19.1 Å². The molecule has 0 bridgehead atoms. The maximum absolute atomic E-state index is 14.1. The molecule has 5 N–H and O–H groups in total. The molecule has 3 aromatic heterocycles. The number of fused-ring (bicyclic) bond motifs is 1. The van der Waals surface area contributed by atoms with Crippen LogP contribution in [0.3, 0.4) is 0 Å². The molecule has 0 aliphatic heterocycles. The largest absolute Gasteiger partial charge is 0.495 e. The molecular formula is C28H25N7O3. The van der Waals surface area contributed by atoms with Gasteiger partial charge in [0.1, 0.15) is 11.6 Å². The number of nitrogens with zero attached hydrogens (tertiary/aromatic N) is 4. The van der Waals surface area contributed by atoms with E-state index in [1.165, 1.54) is 6.20 Å². The summed E-state index contributed by atoms with van der Waals surface area (Å²) in [6, 6.07) is 19.0. The average molecular weight is 508 g/mol. The van der Waals surface area contributed by atoms with Crippen molar-refractivity contribution in [3.8, 4) is 22.6 Å². The summed E-state index contributed by atoms with van der Waals surface area (Å²) in [6.45, 7) is 0.355. The molecule has 10 heteroatoms. The molecule has 0 fully saturated rings. The Labute approximate surface area is 217 Å². The van der Waals surface area contributed by atoms with E-state index in [2.05, 4.69) is 20.3 Å². The number of rotatable bonds is 8. The number of nitrogens with one attached hydrogen (secondary N) is 1. The van der Waals surface area contributed by atoms with Gasteiger partial charge < -0.3 is 21.5 Å². The molecule has 0 atom stereocenters. The average Bonchev–Trinajstić information content (AvgIpc) is 2.93. The Kier molecular flexibility index (Phi) is 6.68. The Morgan fingerprint density at radius 1 is 1.05 bits per heavy atom. The fourth-order valence-corrected chi connectivity index (χ4v) is 4.40. The first-order valence-corrected chi connectivity index (χ1v) is 11.8. The van der Waals surface area contributed by atoms with Crippen LogP contribution in [0.5, 0.6) is 5.75 Å². The molecule has 0 saturated carbocycles. The minimum Gasteiger partial charge on any atom is -0.495 e. The van der Waals surface area contributed by atoms with Gasteiger partial charge in [0, 0.05) is 42.3 Å². The summed E-state index contributed by atoms with van der Waals surface area (Å²) in [5, 5.41) is 4.48. The zero-order valence-corrected chi connectivity index (χ0v) is 20.6. The van der Waals surface area contributed by atoms with E-state index in [0.717, 1.165) is 27.9 Å². The van der Waals surface area contributed by atoms with Crippen LogP contribution in [0.4, 0.5) is 11.8 Å². The minimum atomic E-state index is -0.668. The summed E-state index contributed by atoms with van der Waals surface area (Å²) in [6.07, 6.45) is 5.06. The Morgan fingerprint density at radius 2 is 1.87 bits per heavy atom. The predicted molar refractivity (Wildman–Crippen MR) is 146 cm³/mol. The number of anilines is 2. The van der Waals surface area contributed by atoms with Crippen molar-refractivity contribution in [2.24, 2.45) is 5.73 Å². The van der Waals surface area contributed by atoms with Crippen molar-refractivity contribution in [1.29, 1.82) is 0 Å². The monoisotopic (exact) mass is 507 g/mol. The molecule has 38 heavy (non-hydrogen) atoms. The van der Waals surface area contributed by atoms with Crippen LogP contribution in [0.1, 0.15) is 16.1 Å². The fourth-order valence-electron chi connectivity index (χ4n) is 4.40. The van der Waals surface area contributed by atoms with Gasteiger partial charge in [0.15, 0.2) is 0 Å². The Bertz CT molecular complexity index is 1700. The van der Waals surface area contributed by atoms with Gasteiger partial charge in [0.2, 0.25) is 5.95 Å². The second-order valence-corrected chi connectivity index (χ2v) is 8.53. The van der Waals surface area contributed by atoms with Crippen LogP contribution in [0.15, 0.2) is 84.0 Å². The van der Waals surface area contributed by atoms with Crippen LogP contribution >= 0.6 is 0 Å². The van der Waals surface area contributed by atoms with Crippen molar-refractivity contribution < 1.29 is 9.53 Å². The van der Waals surface area contributed by atoms with Crippen molar-refractivity contribution >= 4 is 28.4 Å². The predicted octanol–water partition coefficient (Wildman–Crippen LogP) is 3.19. The summed E-state index contributed by atoms with van der Waals surface area (Å²) in [5.74, 6) is 0.196. The molecule has 0 aliphatic carbocycles. The van der Waals surface area contributed by atoms with Gasteiger partial charge in [-0.15, -0.1) is 0 Å². The number of primary amides is 1. The lowest BCUT2D eigenvalue weighted by molar-refractivity contribution is 0.100. The Balaban J connectivity index is 1.61. The molecule has 0 saturated heterocycles. The van der Waals surface area contributed by atoms with E-state index in [1.54, 1.807) is 24.1 Å². The minimum absolute atomic E-state index is 0.0176. The number of aromatic nitrogens is 4. The molecule has 5 aromatic rings. The van der Waals surface area contributed by atoms with E-state index in [4.69, 9.17) is 16.2 Å². The standard InChI is InChI=1S/C28H25N7O3/c1-38-21-13-18(14-31-15-21)22-9-5-6-17-12-20(35(27(37)24(17)22)19-7-3-2-4-8-19)10-11-32-26-23(25(29)36)16-33-28(30)34-26/h2-9,12-16H,10-11H2,1H3,(H2,29,36)(H3,30,32,33,34). The number of pyridine rings is 2. The lowest BCUT2D eigenvalue weighted by Crippen LogP contribution is -2.24. The van der Waals surface area contributed by atoms with E-state index in [-0.39, 0.29) is 22.9 Å². The van der Waals surface area contributed by atoms with E-state index >= 15 is 0 Å². The highest BCUT2D eigenvalue weighted by Gasteiger charge is 2.16. The number of methoxy groups -OCH3 is 1. The number of carbonyl (C=O) groups excluding carboxylic acids is 1. The summed E-state index contributed by atoms with van der Waals surface area (Å²) >= 11 is 0. The second-order valence-electron chi connectivity index (χ2n) is 8.53. The van der Waals surface area contributed by atoms with Crippen molar-refractivity contribution in [2.45, 2.75) is 6.42 Å². The summed E-state index contributed by atoms with van der Waals surface area (Å²) in [4.78, 5) is 38.1. The number of nitrogens with two attached hydrogens (primary N) is 2. The highest BCUT2D eigenvalue weighted by molar-refractivity contribution is 5.97. The first-order chi connectivity index (χ1) is 18.5. The molecule has 2 aromatic carbocycles. The topological polar surface area (TPSA) is 151 Å². The second kappa shape index (κ2) is 10.4. The van der Waals surface area contributed by atoms with E-state index in [0.29, 0.717) is 24.1 Å². The van der Waals surface area contributed by atoms with Crippen LogP contribution in [0.2, 0.25) is 0 Å². The van der Waals surface area contributed by atoms with Crippen molar-refractivity contribution in [3.63, 3.8) is 0 Å². The van der Waals surface area contributed by atoms with Crippen LogP contribution < -0.4 is 27.1 Å². The summed E-state index contributed by atoms with van der Waals surface area (Å²) in [5.41, 5.74) is 14.2. The first-order valence-electron chi connectivity index (χ1n) is 11.8. The summed E-state index contributed by atoms with van der Waals surface area (Å²) in [7, 11) is 1.58. The quantitative estimate of drug-likeness (QED) is 0.290. The number of amides is 1. The molecule has 1 amide bonds. The van der Waals surface area contributed by atoms with E-state index < -0.39 is 5.91 Å². The molecule has 5 rings (SSSR count). The van der Waals surface area contributed by atoms with Gasteiger partial charge >= 0.3 is 0 Å². The smallest absolute Gasteiger partial charge is 0.263 e. The Morgan fingerprint density at radius 3 is 2.63 bits per heavy atom. The Hall–Kier alpha value is -5.25. The third-order valence-electron chi connectivity index (χ3n) is 6.14. The lowest BCUT2D eigenvalue weighted by Gasteiger charge is -2.17. The van der Waals surface area contributed by atoms with Crippen LogP contribution in [-0.2, 0) is 6.42 Å². The molecule has 0 aliphatic rings. The van der Waals surface area contributed by atoms with Gasteiger partial charge in [-0.2, -0.15) is 4.98 Å². The van der Waals surface area contributed by atoms with Gasteiger partial charge in [-0.05, 0) is 35.2 Å². The number of ether oxygens (including phenoxy) is 1. The number of benzene rings is 2. The van der Waals surface area contributed by atoms with E-state index in [9.17, 15) is 9.59 Å². The maximum Gasteiger partial charge on any atom is 0.263 e. The number of hydrogen-bond acceptors (Lipinski definition) is 8.